The molecule has 0 spiro atoms. The van der Waals surface area contributed by atoms with E-state index in [1.165, 1.54) is 25.0 Å². The summed E-state index contributed by atoms with van der Waals surface area (Å²) >= 11 is 2.00. The number of carbonyl (C=O) groups excluding carboxylic acids is 1. The van der Waals surface area contributed by atoms with E-state index in [1.807, 2.05) is 16.7 Å². The molecule has 92 valence electrons. The topological polar surface area (TPSA) is 32.3 Å². The number of piperidine rings is 1. The molecule has 0 aromatic carbocycles. The van der Waals surface area contributed by atoms with E-state index in [1.54, 1.807) is 0 Å². The first-order chi connectivity index (χ1) is 7.75. The summed E-state index contributed by atoms with van der Waals surface area (Å²) in [6.45, 7) is 4.96. The molecular weight excluding hydrogens is 220 g/mol. The van der Waals surface area contributed by atoms with Gasteiger partial charge in [0.1, 0.15) is 0 Å². The highest BCUT2D eigenvalue weighted by Gasteiger charge is 2.22. The lowest BCUT2D eigenvalue weighted by Crippen LogP contribution is -2.46. The highest BCUT2D eigenvalue weighted by molar-refractivity contribution is 8.00. The first-order valence-corrected chi connectivity index (χ1v) is 7.45. The van der Waals surface area contributed by atoms with Crippen molar-refractivity contribution in [2.75, 3.05) is 25.4 Å². The van der Waals surface area contributed by atoms with Crippen molar-refractivity contribution < 1.29 is 4.79 Å². The van der Waals surface area contributed by atoms with E-state index in [0.717, 1.165) is 26.1 Å². The van der Waals surface area contributed by atoms with E-state index in [2.05, 4.69) is 12.2 Å². The second kappa shape index (κ2) is 5.80. The van der Waals surface area contributed by atoms with E-state index in [4.69, 9.17) is 0 Å². The minimum Gasteiger partial charge on any atom is -0.337 e. The maximum absolute atomic E-state index is 11.9. The number of urea groups is 1. The predicted octanol–water partition coefficient (Wildman–Crippen LogP) is 2.32. The number of likely N-dealkylation sites (tertiary alicyclic amines) is 1. The molecule has 2 atom stereocenters. The van der Waals surface area contributed by atoms with Crippen molar-refractivity contribution in [1.82, 2.24) is 10.2 Å². The van der Waals surface area contributed by atoms with Crippen LogP contribution in [0.2, 0.25) is 0 Å². The molecule has 2 amide bonds. The fourth-order valence-electron chi connectivity index (χ4n) is 2.49. The van der Waals surface area contributed by atoms with Crippen LogP contribution in [0.5, 0.6) is 0 Å². The Morgan fingerprint density at radius 1 is 1.44 bits per heavy atom. The molecule has 0 radical (unpaired) electrons. The lowest BCUT2D eigenvalue weighted by Gasteiger charge is -2.31. The average molecular weight is 242 g/mol. The number of hydrogen-bond acceptors (Lipinski definition) is 2. The van der Waals surface area contributed by atoms with Gasteiger partial charge in [-0.25, -0.2) is 4.79 Å². The highest BCUT2D eigenvalue weighted by atomic mass is 32.2. The zero-order valence-corrected chi connectivity index (χ0v) is 10.9. The quantitative estimate of drug-likeness (QED) is 0.806. The highest BCUT2D eigenvalue weighted by Crippen LogP contribution is 2.25. The van der Waals surface area contributed by atoms with Crippen molar-refractivity contribution >= 4 is 17.8 Å². The Hall–Kier alpha value is -0.380. The zero-order valence-electron chi connectivity index (χ0n) is 10.1. The molecular formula is C12H22N2OS. The third kappa shape index (κ3) is 3.30. The summed E-state index contributed by atoms with van der Waals surface area (Å²) in [4.78, 5) is 13.9. The van der Waals surface area contributed by atoms with Crippen LogP contribution < -0.4 is 5.32 Å². The van der Waals surface area contributed by atoms with Crippen LogP contribution in [-0.4, -0.2) is 41.6 Å². The lowest BCUT2D eigenvalue weighted by atomic mass is 10.0. The number of thioether (sulfide) groups is 1. The summed E-state index contributed by atoms with van der Waals surface area (Å²) in [6, 6.07) is 0.152. The smallest absolute Gasteiger partial charge is 0.317 e. The summed E-state index contributed by atoms with van der Waals surface area (Å²) in [5.41, 5.74) is 0. The lowest BCUT2D eigenvalue weighted by molar-refractivity contribution is 0.170. The van der Waals surface area contributed by atoms with Gasteiger partial charge in [0.2, 0.25) is 0 Å². The van der Waals surface area contributed by atoms with Gasteiger partial charge in [-0.2, -0.15) is 11.8 Å². The average Bonchev–Trinajstić information content (AvgIpc) is 2.78. The van der Waals surface area contributed by atoms with Crippen LogP contribution in [0.15, 0.2) is 0 Å². The van der Waals surface area contributed by atoms with Crippen LogP contribution in [-0.2, 0) is 0 Å². The molecule has 0 aromatic rings. The van der Waals surface area contributed by atoms with Gasteiger partial charge in [-0.3, -0.25) is 0 Å². The van der Waals surface area contributed by atoms with E-state index in [9.17, 15) is 4.79 Å². The van der Waals surface area contributed by atoms with Crippen molar-refractivity contribution in [3.8, 4) is 0 Å². The Bertz CT molecular complexity index is 241. The van der Waals surface area contributed by atoms with Gasteiger partial charge in [0.25, 0.3) is 0 Å². The largest absolute Gasteiger partial charge is 0.337 e. The van der Waals surface area contributed by atoms with Gasteiger partial charge in [0.05, 0.1) is 0 Å². The van der Waals surface area contributed by atoms with E-state index in [0.29, 0.717) is 11.2 Å². The van der Waals surface area contributed by atoms with Crippen molar-refractivity contribution in [2.45, 2.75) is 37.9 Å². The van der Waals surface area contributed by atoms with Gasteiger partial charge in [0, 0.05) is 24.9 Å². The number of amides is 2. The van der Waals surface area contributed by atoms with Crippen LogP contribution in [0, 0.1) is 5.92 Å². The van der Waals surface area contributed by atoms with Gasteiger partial charge >= 0.3 is 6.03 Å². The molecule has 2 unspecified atom stereocenters. The molecule has 3 nitrogen and oxygen atoms in total. The van der Waals surface area contributed by atoms with Gasteiger partial charge in [-0.05, 0) is 37.4 Å². The summed E-state index contributed by atoms with van der Waals surface area (Å²) in [6.07, 6.45) is 5.00. The van der Waals surface area contributed by atoms with E-state index in [-0.39, 0.29) is 6.03 Å². The second-order valence-corrected chi connectivity index (χ2v) is 6.42. The summed E-state index contributed by atoms with van der Waals surface area (Å²) < 4.78 is 0. The number of nitrogens with zero attached hydrogens (tertiary/aromatic N) is 1. The number of rotatable bonds is 2. The SMILES string of the molecule is CC1CCCN(C(=O)NCC2CCCS2)C1. The minimum absolute atomic E-state index is 0.152. The van der Waals surface area contributed by atoms with Gasteiger partial charge in [0.15, 0.2) is 0 Å². The number of nitrogens with one attached hydrogen (secondary N) is 1. The predicted molar refractivity (Wildman–Crippen MR) is 68.8 cm³/mol. The van der Waals surface area contributed by atoms with Crippen LogP contribution in [0.1, 0.15) is 32.6 Å². The molecule has 2 heterocycles. The Morgan fingerprint density at radius 2 is 2.31 bits per heavy atom. The summed E-state index contributed by atoms with van der Waals surface area (Å²) in [7, 11) is 0. The minimum atomic E-state index is 0.152. The van der Waals surface area contributed by atoms with Crippen molar-refractivity contribution in [3.05, 3.63) is 0 Å². The fraction of sp³-hybridized carbons (Fsp3) is 0.917. The first kappa shape index (κ1) is 12.1. The Balaban J connectivity index is 1.70. The third-order valence-corrected chi connectivity index (χ3v) is 4.85. The Morgan fingerprint density at radius 3 is 3.00 bits per heavy atom. The summed E-state index contributed by atoms with van der Waals surface area (Å²) in [5.74, 6) is 1.93. The van der Waals surface area contributed by atoms with Crippen LogP contribution in [0.25, 0.3) is 0 Å². The maximum atomic E-state index is 11.9. The third-order valence-electron chi connectivity index (χ3n) is 3.45. The first-order valence-electron chi connectivity index (χ1n) is 6.40. The van der Waals surface area contributed by atoms with Crippen LogP contribution in [0.4, 0.5) is 4.79 Å². The molecule has 16 heavy (non-hydrogen) atoms. The van der Waals surface area contributed by atoms with Gasteiger partial charge in [-0.1, -0.05) is 6.92 Å². The Labute approximate surface area is 102 Å². The fourth-order valence-corrected chi connectivity index (χ4v) is 3.69. The van der Waals surface area contributed by atoms with Crippen LogP contribution >= 0.6 is 11.8 Å². The molecule has 0 aliphatic carbocycles. The molecule has 4 heteroatoms. The van der Waals surface area contributed by atoms with Gasteiger partial charge in [-0.15, -0.1) is 0 Å². The van der Waals surface area contributed by atoms with E-state index >= 15 is 0 Å². The molecule has 0 saturated carbocycles. The van der Waals surface area contributed by atoms with Gasteiger partial charge < -0.3 is 10.2 Å². The number of carbonyl (C=O) groups is 1. The molecule has 2 aliphatic heterocycles. The zero-order chi connectivity index (χ0) is 11.4. The normalized spacial score (nSPS) is 30.4. The molecule has 2 rings (SSSR count). The molecule has 2 fully saturated rings. The van der Waals surface area contributed by atoms with Crippen molar-refractivity contribution in [3.63, 3.8) is 0 Å². The molecule has 1 N–H and O–H groups in total. The monoisotopic (exact) mass is 242 g/mol. The molecule has 2 aliphatic rings. The van der Waals surface area contributed by atoms with E-state index < -0.39 is 0 Å². The van der Waals surface area contributed by atoms with Crippen LogP contribution in [0.3, 0.4) is 0 Å². The molecule has 2 saturated heterocycles. The maximum Gasteiger partial charge on any atom is 0.317 e. The second-order valence-electron chi connectivity index (χ2n) is 5.01. The van der Waals surface area contributed by atoms with Crippen molar-refractivity contribution in [1.29, 1.82) is 0 Å². The summed E-state index contributed by atoms with van der Waals surface area (Å²) in [5, 5.41) is 3.74. The standard InChI is InChI=1S/C12H22N2OS/c1-10-4-2-6-14(9-10)12(15)13-8-11-5-3-7-16-11/h10-11H,2-9H2,1H3,(H,13,15). The molecule has 0 aromatic heterocycles. The Kier molecular flexibility index (Phi) is 4.38. The van der Waals surface area contributed by atoms with Crippen molar-refractivity contribution in [2.24, 2.45) is 5.92 Å². The number of hydrogen-bond donors (Lipinski definition) is 1. The molecule has 0 bridgehead atoms.